The smallest absolute Gasteiger partial charge is 0.406 e. The molecule has 0 aliphatic carbocycles. The first-order valence-electron chi connectivity index (χ1n) is 7.91. The number of carbonyl (C=O) groups is 1. The van der Waals surface area contributed by atoms with Crippen molar-refractivity contribution in [3.63, 3.8) is 0 Å². The van der Waals surface area contributed by atoms with Gasteiger partial charge in [-0.25, -0.2) is 10.5 Å². The molecule has 0 radical (unpaired) electrons. The first-order chi connectivity index (χ1) is 13.9. The summed E-state index contributed by atoms with van der Waals surface area (Å²) in [6, 6.07) is 8.66. The Morgan fingerprint density at radius 2 is 2.10 bits per heavy atom. The van der Waals surface area contributed by atoms with Gasteiger partial charge in [-0.2, -0.15) is 10.1 Å². The number of anilines is 2. The summed E-state index contributed by atoms with van der Waals surface area (Å²) in [5, 5.41) is 15.4. The molecular weight excluding hydrogens is 429 g/mol. The van der Waals surface area contributed by atoms with Gasteiger partial charge in [0.1, 0.15) is 5.75 Å². The Hall–Kier alpha value is -3.06. The van der Waals surface area contributed by atoms with E-state index in [2.05, 4.69) is 35.8 Å². The number of hydrogen-bond acceptors (Lipinski definition) is 8. The van der Waals surface area contributed by atoms with Gasteiger partial charge in [0.05, 0.1) is 12.0 Å². The van der Waals surface area contributed by atoms with Crippen molar-refractivity contribution in [3.8, 4) is 5.75 Å². The van der Waals surface area contributed by atoms with Gasteiger partial charge in [0.2, 0.25) is 17.0 Å². The van der Waals surface area contributed by atoms with Crippen LogP contribution in [0.25, 0.3) is 0 Å². The summed E-state index contributed by atoms with van der Waals surface area (Å²) in [5.41, 5.74) is 3.03. The lowest BCUT2D eigenvalue weighted by atomic mass is 10.3. The maximum Gasteiger partial charge on any atom is 0.573 e. The van der Waals surface area contributed by atoms with Crippen molar-refractivity contribution in [1.29, 1.82) is 0 Å². The van der Waals surface area contributed by atoms with Crippen molar-refractivity contribution >= 4 is 46.9 Å². The molecule has 3 rings (SSSR count). The number of thioether (sulfide) groups is 1. The molecule has 152 valence electrons. The lowest BCUT2D eigenvalue weighted by Crippen LogP contribution is -2.17. The van der Waals surface area contributed by atoms with Gasteiger partial charge in [-0.05, 0) is 35.7 Å². The normalized spacial score (nSPS) is 11.6. The number of nitrogens with zero attached hydrogens (tertiary/aromatic N) is 3. The van der Waals surface area contributed by atoms with Crippen LogP contribution in [0.1, 0.15) is 4.88 Å². The molecule has 0 saturated carbocycles. The molecule has 0 spiro atoms. The van der Waals surface area contributed by atoms with Crippen LogP contribution in [-0.2, 0) is 4.79 Å². The summed E-state index contributed by atoms with van der Waals surface area (Å²) in [6.07, 6.45) is -3.13. The number of nitrogens with one attached hydrogen (secondary N) is 3. The minimum atomic E-state index is -4.76. The first-order valence-corrected chi connectivity index (χ1v) is 9.77. The molecule has 0 atom stereocenters. The zero-order chi connectivity index (χ0) is 20.7. The Morgan fingerprint density at radius 1 is 1.31 bits per heavy atom. The molecule has 1 amide bonds. The van der Waals surface area contributed by atoms with Crippen molar-refractivity contribution in [2.24, 2.45) is 5.10 Å². The summed E-state index contributed by atoms with van der Waals surface area (Å²) in [5.74, 6) is -0.404. The quantitative estimate of drug-likeness (QED) is 0.277. The van der Waals surface area contributed by atoms with Crippen LogP contribution in [0, 0.1) is 0 Å². The second kappa shape index (κ2) is 9.43. The van der Waals surface area contributed by atoms with Crippen molar-refractivity contribution < 1.29 is 22.7 Å². The number of amides is 1. The van der Waals surface area contributed by atoms with Gasteiger partial charge in [0, 0.05) is 10.6 Å². The van der Waals surface area contributed by atoms with E-state index >= 15 is 0 Å². The van der Waals surface area contributed by atoms with Crippen LogP contribution in [0.2, 0.25) is 0 Å². The number of hydrazone groups is 1. The third kappa shape index (κ3) is 7.12. The molecule has 8 nitrogen and oxygen atoms in total. The topological polar surface area (TPSA) is 104 Å². The maximum atomic E-state index is 12.1. The summed E-state index contributed by atoms with van der Waals surface area (Å²) in [6.45, 7) is 0. The molecule has 29 heavy (non-hydrogen) atoms. The Labute approximate surface area is 170 Å². The predicted octanol–water partition coefficient (Wildman–Crippen LogP) is 3.94. The van der Waals surface area contributed by atoms with Crippen LogP contribution in [0.3, 0.4) is 0 Å². The van der Waals surface area contributed by atoms with Crippen LogP contribution in [0.4, 0.5) is 24.8 Å². The Morgan fingerprint density at radius 3 is 2.79 bits per heavy atom. The molecule has 0 bridgehead atoms. The predicted molar refractivity (Wildman–Crippen MR) is 104 cm³/mol. The average molecular weight is 442 g/mol. The molecule has 0 unspecified atom stereocenters. The highest BCUT2D eigenvalue weighted by molar-refractivity contribution is 7.99. The third-order valence-electron chi connectivity index (χ3n) is 3.07. The lowest BCUT2D eigenvalue weighted by Gasteiger charge is -2.09. The van der Waals surface area contributed by atoms with Gasteiger partial charge >= 0.3 is 6.36 Å². The van der Waals surface area contributed by atoms with E-state index in [4.69, 9.17) is 0 Å². The van der Waals surface area contributed by atoms with Gasteiger partial charge in [-0.15, -0.1) is 29.6 Å². The molecule has 3 N–H and O–H groups in total. The number of rotatable bonds is 8. The second-order valence-electron chi connectivity index (χ2n) is 5.26. The van der Waals surface area contributed by atoms with Crippen molar-refractivity contribution in [2.45, 2.75) is 11.5 Å². The van der Waals surface area contributed by atoms with Crippen LogP contribution >= 0.6 is 23.1 Å². The molecule has 2 heterocycles. The van der Waals surface area contributed by atoms with E-state index in [-0.39, 0.29) is 17.4 Å². The number of aromatic amines is 1. The van der Waals surface area contributed by atoms with E-state index in [1.807, 2.05) is 17.5 Å². The van der Waals surface area contributed by atoms with Crippen LogP contribution in [-0.4, -0.2) is 39.4 Å². The molecule has 0 aliphatic heterocycles. The SMILES string of the molecule is O=C(CSc1n[nH]c(N/N=C/c2cccs2)n1)Nc1ccc(OC(F)(F)F)cc1. The standard InChI is InChI=1S/C16H13F3N6O2S2/c17-16(18,19)27-11-5-3-10(4-6-11)21-13(26)9-29-15-22-14(24-25-15)23-20-8-12-2-1-7-28-12/h1-8H,9H2,(H,21,26)(H2,22,23,24,25)/b20-8+. The largest absolute Gasteiger partial charge is 0.573 e. The number of alkyl halides is 3. The van der Waals surface area contributed by atoms with Gasteiger partial charge in [0.25, 0.3) is 0 Å². The maximum absolute atomic E-state index is 12.1. The molecule has 0 saturated heterocycles. The zero-order valence-electron chi connectivity index (χ0n) is 14.4. The fourth-order valence-electron chi connectivity index (χ4n) is 1.95. The number of aromatic nitrogens is 3. The Balaban J connectivity index is 1.43. The van der Waals surface area contributed by atoms with Gasteiger partial charge < -0.3 is 10.1 Å². The van der Waals surface area contributed by atoms with Crippen molar-refractivity contribution in [2.75, 3.05) is 16.5 Å². The van der Waals surface area contributed by atoms with Gasteiger partial charge in [-0.1, -0.05) is 17.8 Å². The molecule has 0 fully saturated rings. The number of thiophene rings is 1. The van der Waals surface area contributed by atoms with E-state index in [0.717, 1.165) is 28.8 Å². The Bertz CT molecular complexity index is 958. The number of carbonyl (C=O) groups excluding carboxylic acids is 1. The zero-order valence-corrected chi connectivity index (χ0v) is 16.1. The van der Waals surface area contributed by atoms with Gasteiger partial charge in [-0.3, -0.25) is 4.79 Å². The molecule has 0 aliphatic rings. The number of ether oxygens (including phenoxy) is 1. The van der Waals surface area contributed by atoms with E-state index in [9.17, 15) is 18.0 Å². The first kappa shape index (κ1) is 20.7. The Kier molecular flexibility index (Phi) is 6.72. The highest BCUT2D eigenvalue weighted by Crippen LogP contribution is 2.24. The van der Waals surface area contributed by atoms with E-state index in [1.54, 1.807) is 6.21 Å². The summed E-state index contributed by atoms with van der Waals surface area (Å²) in [7, 11) is 0. The number of H-pyrrole nitrogens is 1. The highest BCUT2D eigenvalue weighted by atomic mass is 32.2. The van der Waals surface area contributed by atoms with Gasteiger partial charge in [0.15, 0.2) is 0 Å². The summed E-state index contributed by atoms with van der Waals surface area (Å²) < 4.78 is 40.1. The minimum absolute atomic E-state index is 0.0105. The summed E-state index contributed by atoms with van der Waals surface area (Å²) >= 11 is 2.62. The van der Waals surface area contributed by atoms with Crippen molar-refractivity contribution in [3.05, 3.63) is 46.7 Å². The van der Waals surface area contributed by atoms with Crippen LogP contribution < -0.4 is 15.5 Å². The highest BCUT2D eigenvalue weighted by Gasteiger charge is 2.30. The van der Waals surface area contributed by atoms with Crippen molar-refractivity contribution in [1.82, 2.24) is 15.2 Å². The number of benzene rings is 1. The number of halogens is 3. The molecule has 3 aromatic rings. The van der Waals surface area contributed by atoms with Crippen LogP contribution in [0.15, 0.2) is 52.0 Å². The molecule has 1 aromatic carbocycles. The van der Waals surface area contributed by atoms with Crippen LogP contribution in [0.5, 0.6) is 5.75 Å². The average Bonchev–Trinajstić information content (AvgIpc) is 3.33. The molecular formula is C16H13F3N6O2S2. The minimum Gasteiger partial charge on any atom is -0.406 e. The lowest BCUT2D eigenvalue weighted by molar-refractivity contribution is -0.274. The monoisotopic (exact) mass is 442 g/mol. The third-order valence-corrected chi connectivity index (χ3v) is 4.73. The number of hydrogen-bond donors (Lipinski definition) is 3. The van der Waals surface area contributed by atoms with E-state index < -0.39 is 6.36 Å². The molecule has 13 heteroatoms. The summed E-state index contributed by atoms with van der Waals surface area (Å²) in [4.78, 5) is 17.1. The van der Waals surface area contributed by atoms with E-state index in [1.165, 1.54) is 23.5 Å². The fraction of sp³-hybridized carbons (Fsp3) is 0.125. The second-order valence-corrected chi connectivity index (χ2v) is 7.18. The fourth-order valence-corrected chi connectivity index (χ4v) is 3.13. The molecule has 2 aromatic heterocycles. The van der Waals surface area contributed by atoms with E-state index in [0.29, 0.717) is 16.8 Å².